The normalized spacial score (nSPS) is 15.2. The maximum Gasteiger partial charge on any atom is 0.416 e. The van der Waals surface area contributed by atoms with Gasteiger partial charge in [-0.05, 0) is 42.6 Å². The van der Waals surface area contributed by atoms with Crippen LogP contribution in [0.5, 0.6) is 0 Å². The van der Waals surface area contributed by atoms with Crippen molar-refractivity contribution in [2.45, 2.75) is 39.2 Å². The molecule has 4 nitrogen and oxygen atoms in total. The zero-order valence-electron chi connectivity index (χ0n) is 13.1. The lowest BCUT2D eigenvalue weighted by molar-refractivity contribution is -0.138. The van der Waals surface area contributed by atoms with Gasteiger partial charge >= 0.3 is 6.18 Å². The molecular formula is C16H16ClF3N4. The number of rotatable bonds is 3. The molecule has 1 aromatic carbocycles. The summed E-state index contributed by atoms with van der Waals surface area (Å²) in [5.41, 5.74) is 1.86. The van der Waals surface area contributed by atoms with E-state index in [4.69, 9.17) is 11.6 Å². The van der Waals surface area contributed by atoms with Gasteiger partial charge in [-0.2, -0.15) is 13.2 Å². The number of anilines is 1. The number of aromatic nitrogens is 2. The van der Waals surface area contributed by atoms with Crippen molar-refractivity contribution < 1.29 is 13.2 Å². The Morgan fingerprint density at radius 3 is 2.71 bits per heavy atom. The number of nitrogens with zero attached hydrogens (tertiary/aromatic N) is 2. The lowest BCUT2D eigenvalue weighted by Gasteiger charge is -2.21. The second kappa shape index (κ2) is 6.22. The minimum Gasteiger partial charge on any atom is -0.363 e. The van der Waals surface area contributed by atoms with Gasteiger partial charge in [-0.15, -0.1) is 0 Å². The molecule has 0 saturated heterocycles. The molecule has 3 rings (SSSR count). The Balaban J connectivity index is 1.93. The summed E-state index contributed by atoms with van der Waals surface area (Å²) in [6, 6.07) is 3.84. The summed E-state index contributed by atoms with van der Waals surface area (Å²) in [5.74, 6) is 0.555. The number of alkyl halides is 3. The minimum atomic E-state index is -4.37. The fraction of sp³-hybridized carbons (Fsp3) is 0.375. The van der Waals surface area contributed by atoms with Crippen molar-refractivity contribution in [2.24, 2.45) is 0 Å². The van der Waals surface area contributed by atoms with Crippen LogP contribution in [-0.2, 0) is 19.3 Å². The topological polar surface area (TPSA) is 49.8 Å². The second-order valence-corrected chi connectivity index (χ2v) is 6.09. The molecule has 2 N–H and O–H groups in total. The summed E-state index contributed by atoms with van der Waals surface area (Å²) >= 11 is 5.94. The number of halogens is 4. The first kappa shape index (κ1) is 17.0. The molecule has 1 aliphatic rings. The summed E-state index contributed by atoms with van der Waals surface area (Å²) in [5, 5.41) is 6.45. The Morgan fingerprint density at radius 2 is 2.00 bits per heavy atom. The van der Waals surface area contributed by atoms with Crippen LogP contribution in [0.2, 0.25) is 5.28 Å². The van der Waals surface area contributed by atoms with Crippen molar-refractivity contribution in [3.05, 3.63) is 51.4 Å². The lowest BCUT2D eigenvalue weighted by Crippen LogP contribution is -2.15. The number of hydrogen-bond donors (Lipinski definition) is 2. The minimum absolute atomic E-state index is 0.118. The highest BCUT2D eigenvalue weighted by atomic mass is 35.5. The van der Waals surface area contributed by atoms with E-state index in [2.05, 4.69) is 20.6 Å². The Hall–Kier alpha value is -1.86. The van der Waals surface area contributed by atoms with E-state index in [1.54, 1.807) is 13.0 Å². The largest absolute Gasteiger partial charge is 0.416 e. The molecule has 0 saturated carbocycles. The lowest BCUT2D eigenvalue weighted by atomic mass is 9.97. The standard InChI is InChI=1S/C16H16ClF3N4/c1-8-10(4-3-5-12(8)16(18,19)20)9(2)22-14-11-6-21-7-13(11)23-15(17)24-14/h3-5,9,21H,6-7H2,1-2H3,(H,22,23,24)/t9-/m1/s1. The summed E-state index contributed by atoms with van der Waals surface area (Å²) in [6.07, 6.45) is -4.37. The van der Waals surface area contributed by atoms with Crippen molar-refractivity contribution >= 4 is 17.4 Å². The van der Waals surface area contributed by atoms with Gasteiger partial charge in [0.05, 0.1) is 17.3 Å². The van der Waals surface area contributed by atoms with Crippen LogP contribution in [0.15, 0.2) is 18.2 Å². The number of nitrogens with one attached hydrogen (secondary N) is 2. The maximum absolute atomic E-state index is 13.1. The SMILES string of the molecule is Cc1c([C@@H](C)Nc2nc(Cl)nc3c2CNC3)cccc1C(F)(F)F. The zero-order valence-corrected chi connectivity index (χ0v) is 13.9. The molecule has 0 fully saturated rings. The molecule has 0 unspecified atom stereocenters. The summed E-state index contributed by atoms with van der Waals surface area (Å²) < 4.78 is 39.3. The molecule has 24 heavy (non-hydrogen) atoms. The zero-order chi connectivity index (χ0) is 17.5. The van der Waals surface area contributed by atoms with Crippen molar-refractivity contribution in [1.82, 2.24) is 15.3 Å². The molecular weight excluding hydrogens is 341 g/mol. The van der Waals surface area contributed by atoms with Crippen LogP contribution in [-0.4, -0.2) is 9.97 Å². The van der Waals surface area contributed by atoms with Crippen LogP contribution >= 0.6 is 11.6 Å². The maximum atomic E-state index is 13.1. The highest BCUT2D eigenvalue weighted by molar-refractivity contribution is 6.28. The predicted molar refractivity (Wildman–Crippen MR) is 85.8 cm³/mol. The van der Waals surface area contributed by atoms with Gasteiger partial charge in [-0.25, -0.2) is 9.97 Å². The van der Waals surface area contributed by atoms with Gasteiger partial charge in [0.25, 0.3) is 0 Å². The molecule has 1 atom stereocenters. The first-order valence-electron chi connectivity index (χ1n) is 7.46. The van der Waals surface area contributed by atoms with Crippen molar-refractivity contribution in [1.29, 1.82) is 0 Å². The van der Waals surface area contributed by atoms with Gasteiger partial charge in [0, 0.05) is 18.7 Å². The van der Waals surface area contributed by atoms with E-state index in [-0.39, 0.29) is 16.9 Å². The first-order chi connectivity index (χ1) is 11.3. The van der Waals surface area contributed by atoms with Crippen LogP contribution in [0.3, 0.4) is 0 Å². The molecule has 0 aliphatic carbocycles. The molecule has 2 aromatic rings. The third-order valence-electron chi connectivity index (χ3n) is 4.16. The number of hydrogen-bond acceptors (Lipinski definition) is 4. The second-order valence-electron chi connectivity index (χ2n) is 5.75. The Labute approximate surface area is 142 Å². The fourth-order valence-electron chi connectivity index (χ4n) is 2.97. The van der Waals surface area contributed by atoms with Crippen LogP contribution < -0.4 is 10.6 Å². The van der Waals surface area contributed by atoms with Crippen molar-refractivity contribution in [3.63, 3.8) is 0 Å². The molecule has 0 spiro atoms. The average molecular weight is 357 g/mol. The van der Waals surface area contributed by atoms with E-state index in [0.717, 1.165) is 17.3 Å². The van der Waals surface area contributed by atoms with Gasteiger partial charge in [-0.3, -0.25) is 0 Å². The van der Waals surface area contributed by atoms with Gasteiger partial charge in [0.1, 0.15) is 5.82 Å². The highest BCUT2D eigenvalue weighted by Gasteiger charge is 2.33. The summed E-state index contributed by atoms with van der Waals surface area (Å²) in [4.78, 5) is 8.35. The average Bonchev–Trinajstić information content (AvgIpc) is 2.94. The molecule has 1 aliphatic heterocycles. The van der Waals surface area contributed by atoms with Gasteiger partial charge in [0.15, 0.2) is 0 Å². The van der Waals surface area contributed by atoms with Gasteiger partial charge < -0.3 is 10.6 Å². The molecule has 8 heteroatoms. The van der Waals surface area contributed by atoms with E-state index in [1.165, 1.54) is 13.0 Å². The van der Waals surface area contributed by atoms with Crippen molar-refractivity contribution in [2.75, 3.05) is 5.32 Å². The molecule has 1 aromatic heterocycles. The van der Waals surface area contributed by atoms with E-state index in [1.807, 2.05) is 0 Å². The Kier molecular flexibility index (Phi) is 4.40. The predicted octanol–water partition coefficient (Wildman–Crippen LogP) is 4.23. The van der Waals surface area contributed by atoms with E-state index in [0.29, 0.717) is 24.5 Å². The van der Waals surface area contributed by atoms with Gasteiger partial charge in [0.2, 0.25) is 5.28 Å². The monoisotopic (exact) mass is 356 g/mol. The highest BCUT2D eigenvalue weighted by Crippen LogP contribution is 2.35. The van der Waals surface area contributed by atoms with Crippen molar-refractivity contribution in [3.8, 4) is 0 Å². The first-order valence-corrected chi connectivity index (χ1v) is 7.84. The summed E-state index contributed by atoms with van der Waals surface area (Å²) in [7, 11) is 0. The Morgan fingerprint density at radius 1 is 1.25 bits per heavy atom. The van der Waals surface area contributed by atoms with Crippen LogP contribution in [0.1, 0.15) is 40.9 Å². The smallest absolute Gasteiger partial charge is 0.363 e. The molecule has 0 amide bonds. The third-order valence-corrected chi connectivity index (χ3v) is 4.33. The van der Waals surface area contributed by atoms with E-state index < -0.39 is 11.7 Å². The van der Waals surface area contributed by atoms with E-state index in [9.17, 15) is 13.2 Å². The molecule has 128 valence electrons. The van der Waals surface area contributed by atoms with Gasteiger partial charge in [-0.1, -0.05) is 12.1 Å². The van der Waals surface area contributed by atoms with Crippen LogP contribution in [0.25, 0.3) is 0 Å². The van der Waals surface area contributed by atoms with E-state index >= 15 is 0 Å². The van der Waals surface area contributed by atoms with Crippen LogP contribution in [0.4, 0.5) is 19.0 Å². The fourth-order valence-corrected chi connectivity index (χ4v) is 3.16. The number of fused-ring (bicyclic) bond motifs is 1. The quantitative estimate of drug-likeness (QED) is 0.808. The Bertz CT molecular complexity index is 777. The molecule has 0 bridgehead atoms. The third kappa shape index (κ3) is 3.18. The summed E-state index contributed by atoms with van der Waals surface area (Å²) in [6.45, 7) is 4.48. The number of benzene rings is 1. The molecule has 2 heterocycles. The molecule has 0 radical (unpaired) electrons. The van der Waals surface area contributed by atoms with Crippen LogP contribution in [0, 0.1) is 6.92 Å².